The van der Waals surface area contributed by atoms with E-state index < -0.39 is 0 Å². The van der Waals surface area contributed by atoms with E-state index in [-0.39, 0.29) is 11.7 Å². The quantitative estimate of drug-likeness (QED) is 0.651. The molecule has 1 heterocycles. The van der Waals surface area contributed by atoms with Crippen LogP contribution in [0.25, 0.3) is 0 Å². The van der Waals surface area contributed by atoms with Crippen molar-refractivity contribution < 1.29 is 9.21 Å². The van der Waals surface area contributed by atoms with Gasteiger partial charge >= 0.3 is 0 Å². The summed E-state index contributed by atoms with van der Waals surface area (Å²) in [5.41, 5.74) is 3.08. The van der Waals surface area contributed by atoms with E-state index in [0.717, 1.165) is 23.2 Å². The minimum absolute atomic E-state index is 0.0892. The summed E-state index contributed by atoms with van der Waals surface area (Å²) in [5.74, 6) is 0.685. The van der Waals surface area contributed by atoms with Gasteiger partial charge in [-0.15, -0.1) is 10.2 Å². The number of aromatic nitrogens is 2. The van der Waals surface area contributed by atoms with Crippen molar-refractivity contribution in [3.63, 3.8) is 0 Å². The number of nitrogens with one attached hydrogen (secondary N) is 1. The molecule has 0 bridgehead atoms. The van der Waals surface area contributed by atoms with E-state index in [1.165, 1.54) is 11.8 Å². The highest BCUT2D eigenvalue weighted by molar-refractivity contribution is 7.99. The lowest BCUT2D eigenvalue weighted by Gasteiger charge is -2.08. The Morgan fingerprint density at radius 2 is 1.84 bits per heavy atom. The first-order chi connectivity index (χ1) is 12.2. The lowest BCUT2D eigenvalue weighted by atomic mass is 10.1. The second kappa shape index (κ2) is 8.48. The van der Waals surface area contributed by atoms with Gasteiger partial charge in [0.2, 0.25) is 11.8 Å². The summed E-state index contributed by atoms with van der Waals surface area (Å²) in [6, 6.07) is 17.7. The number of thioether (sulfide) groups is 1. The van der Waals surface area contributed by atoms with Gasteiger partial charge in [0, 0.05) is 5.69 Å². The van der Waals surface area contributed by atoms with Gasteiger partial charge in [0.25, 0.3) is 5.22 Å². The number of hydrogen-bond acceptors (Lipinski definition) is 5. The van der Waals surface area contributed by atoms with E-state index >= 15 is 0 Å². The first kappa shape index (κ1) is 17.2. The Hall–Kier alpha value is -2.60. The highest BCUT2D eigenvalue weighted by Crippen LogP contribution is 2.19. The van der Waals surface area contributed by atoms with Crippen molar-refractivity contribution in [3.05, 3.63) is 71.6 Å². The van der Waals surface area contributed by atoms with E-state index in [1.54, 1.807) is 0 Å². The SMILES string of the molecule is CCc1ccccc1NC(=O)CSc1nnc(Cc2ccccc2)o1. The van der Waals surface area contributed by atoms with E-state index in [1.807, 2.05) is 54.6 Å². The van der Waals surface area contributed by atoms with Crippen LogP contribution in [-0.4, -0.2) is 21.9 Å². The fourth-order valence-corrected chi connectivity index (χ4v) is 2.98. The molecule has 6 heteroatoms. The molecule has 25 heavy (non-hydrogen) atoms. The Kier molecular flexibility index (Phi) is 5.85. The number of carbonyl (C=O) groups excluding carboxylic acids is 1. The van der Waals surface area contributed by atoms with Crippen LogP contribution in [0, 0.1) is 0 Å². The van der Waals surface area contributed by atoms with Crippen LogP contribution < -0.4 is 5.32 Å². The number of rotatable bonds is 7. The van der Waals surface area contributed by atoms with Crippen LogP contribution in [0.5, 0.6) is 0 Å². The van der Waals surface area contributed by atoms with Gasteiger partial charge in [-0.2, -0.15) is 0 Å². The Balaban J connectivity index is 1.52. The first-order valence-electron chi connectivity index (χ1n) is 8.11. The zero-order valence-electron chi connectivity index (χ0n) is 13.9. The van der Waals surface area contributed by atoms with E-state index in [0.29, 0.717) is 17.5 Å². The molecule has 3 rings (SSSR count). The zero-order chi connectivity index (χ0) is 17.5. The van der Waals surface area contributed by atoms with Gasteiger partial charge in [-0.3, -0.25) is 4.79 Å². The molecule has 2 aromatic carbocycles. The van der Waals surface area contributed by atoms with Gasteiger partial charge in [0.1, 0.15) is 0 Å². The zero-order valence-corrected chi connectivity index (χ0v) is 14.8. The number of amides is 1. The van der Waals surface area contributed by atoms with Crippen molar-refractivity contribution >= 4 is 23.4 Å². The van der Waals surface area contributed by atoms with Crippen molar-refractivity contribution in [2.45, 2.75) is 25.0 Å². The van der Waals surface area contributed by atoms with Gasteiger partial charge in [0.05, 0.1) is 12.2 Å². The number of hydrogen-bond donors (Lipinski definition) is 1. The lowest BCUT2D eigenvalue weighted by molar-refractivity contribution is -0.113. The molecule has 0 spiro atoms. The van der Waals surface area contributed by atoms with Crippen LogP contribution >= 0.6 is 11.8 Å². The molecule has 0 atom stereocenters. The Bertz CT molecular complexity index is 833. The van der Waals surface area contributed by atoms with Crippen LogP contribution in [0.3, 0.4) is 0 Å². The van der Waals surface area contributed by atoms with E-state index in [9.17, 15) is 4.79 Å². The highest BCUT2D eigenvalue weighted by atomic mass is 32.2. The van der Waals surface area contributed by atoms with Crippen molar-refractivity contribution in [3.8, 4) is 0 Å². The number of para-hydroxylation sites is 1. The minimum Gasteiger partial charge on any atom is -0.416 e. The van der Waals surface area contributed by atoms with Gasteiger partial charge < -0.3 is 9.73 Å². The normalized spacial score (nSPS) is 10.6. The largest absolute Gasteiger partial charge is 0.416 e. The fraction of sp³-hybridized carbons (Fsp3) is 0.211. The Morgan fingerprint density at radius 3 is 2.64 bits per heavy atom. The summed E-state index contributed by atoms with van der Waals surface area (Å²) in [5, 5.41) is 11.4. The Labute approximate surface area is 150 Å². The predicted octanol–water partition coefficient (Wildman–Crippen LogP) is 3.95. The predicted molar refractivity (Wildman–Crippen MR) is 98.7 cm³/mol. The first-order valence-corrected chi connectivity index (χ1v) is 9.10. The summed E-state index contributed by atoms with van der Waals surface area (Å²) in [4.78, 5) is 12.1. The van der Waals surface area contributed by atoms with Crippen LogP contribution in [-0.2, 0) is 17.6 Å². The molecule has 0 aliphatic carbocycles. The number of anilines is 1. The molecule has 0 saturated carbocycles. The standard InChI is InChI=1S/C19H19N3O2S/c1-2-15-10-6-7-11-16(15)20-17(23)13-25-19-22-21-18(24-19)12-14-8-4-3-5-9-14/h3-11H,2,12-13H2,1H3,(H,20,23). The maximum absolute atomic E-state index is 12.1. The van der Waals surface area contributed by atoms with Crippen molar-refractivity contribution in [2.75, 3.05) is 11.1 Å². The van der Waals surface area contributed by atoms with Crippen molar-refractivity contribution in [1.29, 1.82) is 0 Å². The van der Waals surface area contributed by atoms with Gasteiger partial charge in [-0.1, -0.05) is 67.2 Å². The molecule has 1 aromatic heterocycles. The van der Waals surface area contributed by atoms with Gasteiger partial charge in [-0.05, 0) is 23.6 Å². The monoisotopic (exact) mass is 353 g/mol. The second-order valence-corrected chi connectivity index (χ2v) is 6.40. The summed E-state index contributed by atoms with van der Waals surface area (Å²) in [6.07, 6.45) is 1.46. The summed E-state index contributed by atoms with van der Waals surface area (Å²) < 4.78 is 5.59. The molecule has 3 aromatic rings. The fourth-order valence-electron chi connectivity index (χ4n) is 2.40. The summed E-state index contributed by atoms with van der Waals surface area (Å²) in [7, 11) is 0. The molecule has 1 N–H and O–H groups in total. The molecular weight excluding hydrogens is 334 g/mol. The van der Waals surface area contributed by atoms with Gasteiger partial charge in [-0.25, -0.2) is 0 Å². The van der Waals surface area contributed by atoms with E-state index in [2.05, 4.69) is 22.4 Å². The molecule has 0 fully saturated rings. The van der Waals surface area contributed by atoms with Crippen LogP contribution in [0.4, 0.5) is 5.69 Å². The third kappa shape index (κ3) is 4.93. The van der Waals surface area contributed by atoms with E-state index in [4.69, 9.17) is 4.42 Å². The second-order valence-electron chi connectivity index (χ2n) is 5.47. The average molecular weight is 353 g/mol. The number of carbonyl (C=O) groups is 1. The third-order valence-electron chi connectivity index (χ3n) is 3.65. The maximum Gasteiger partial charge on any atom is 0.277 e. The molecule has 0 radical (unpaired) electrons. The number of aryl methyl sites for hydroxylation is 1. The average Bonchev–Trinajstić information content (AvgIpc) is 3.09. The molecule has 5 nitrogen and oxygen atoms in total. The molecule has 0 saturated heterocycles. The van der Waals surface area contributed by atoms with Crippen LogP contribution in [0.2, 0.25) is 0 Å². The van der Waals surface area contributed by atoms with Crippen molar-refractivity contribution in [2.24, 2.45) is 0 Å². The van der Waals surface area contributed by atoms with Crippen LogP contribution in [0.1, 0.15) is 23.9 Å². The maximum atomic E-state index is 12.1. The minimum atomic E-state index is -0.0892. The lowest BCUT2D eigenvalue weighted by Crippen LogP contribution is -2.15. The molecule has 0 unspecified atom stereocenters. The van der Waals surface area contributed by atoms with Crippen LogP contribution in [0.15, 0.2) is 64.2 Å². The molecular formula is C19H19N3O2S. The number of nitrogens with zero attached hydrogens (tertiary/aromatic N) is 2. The smallest absolute Gasteiger partial charge is 0.277 e. The van der Waals surface area contributed by atoms with Crippen molar-refractivity contribution in [1.82, 2.24) is 10.2 Å². The third-order valence-corrected chi connectivity index (χ3v) is 4.46. The summed E-state index contributed by atoms with van der Waals surface area (Å²) in [6.45, 7) is 2.06. The molecule has 0 aliphatic rings. The molecule has 1 amide bonds. The van der Waals surface area contributed by atoms with Gasteiger partial charge in [0.15, 0.2) is 0 Å². The topological polar surface area (TPSA) is 68.0 Å². The highest BCUT2D eigenvalue weighted by Gasteiger charge is 2.11. The summed E-state index contributed by atoms with van der Waals surface area (Å²) >= 11 is 1.24. The Morgan fingerprint density at radius 1 is 1.08 bits per heavy atom. The molecule has 0 aliphatic heterocycles. The number of benzene rings is 2. The molecule has 128 valence electrons.